The maximum Gasteiger partial charge on any atom is 0.358 e. The van der Waals surface area contributed by atoms with E-state index in [-0.39, 0.29) is 5.69 Å². The van der Waals surface area contributed by atoms with Crippen LogP contribution in [-0.2, 0) is 4.74 Å². The van der Waals surface area contributed by atoms with E-state index in [9.17, 15) is 4.79 Å². The predicted octanol–water partition coefficient (Wildman–Crippen LogP) is 0.827. The van der Waals surface area contributed by atoms with Crippen molar-refractivity contribution in [2.24, 2.45) is 11.7 Å². The van der Waals surface area contributed by atoms with Crippen LogP contribution in [0.5, 0.6) is 0 Å². The summed E-state index contributed by atoms with van der Waals surface area (Å²) >= 11 is 0. The van der Waals surface area contributed by atoms with Crippen LogP contribution >= 0.6 is 0 Å². The van der Waals surface area contributed by atoms with Gasteiger partial charge in [0, 0.05) is 19.1 Å². The molecule has 0 bridgehead atoms. The molecule has 2 atom stereocenters. The molecule has 1 aliphatic heterocycles. The Hall–Kier alpha value is -1.69. The van der Waals surface area contributed by atoms with Crippen LogP contribution in [0.4, 0.5) is 5.82 Å². The fourth-order valence-corrected chi connectivity index (χ4v) is 2.47. The summed E-state index contributed by atoms with van der Waals surface area (Å²) in [6.07, 6.45) is 2.19. The Morgan fingerprint density at radius 1 is 1.53 bits per heavy atom. The van der Waals surface area contributed by atoms with E-state index in [0.717, 1.165) is 25.2 Å². The smallest absolute Gasteiger partial charge is 0.358 e. The van der Waals surface area contributed by atoms with Gasteiger partial charge in [-0.15, -0.1) is 10.2 Å². The number of piperidine rings is 1. The van der Waals surface area contributed by atoms with Crippen molar-refractivity contribution in [3.63, 3.8) is 0 Å². The fraction of sp³-hybridized carbons (Fsp3) is 0.615. The number of carbonyl (C=O) groups excluding carboxylic acids is 1. The zero-order valence-corrected chi connectivity index (χ0v) is 11.4. The van der Waals surface area contributed by atoms with Gasteiger partial charge in [-0.2, -0.15) is 0 Å². The van der Waals surface area contributed by atoms with Gasteiger partial charge in [0.1, 0.15) is 0 Å². The number of aromatic nitrogens is 2. The number of hydrogen-bond acceptors (Lipinski definition) is 6. The molecular formula is C13H20N4O2. The molecule has 1 fully saturated rings. The summed E-state index contributed by atoms with van der Waals surface area (Å²) < 4.78 is 4.60. The van der Waals surface area contributed by atoms with E-state index in [2.05, 4.69) is 26.8 Å². The number of hydrogen-bond donors (Lipinski definition) is 1. The summed E-state index contributed by atoms with van der Waals surface area (Å²) in [5, 5.41) is 8.02. The first-order valence-corrected chi connectivity index (χ1v) is 6.54. The minimum absolute atomic E-state index is 0.223. The monoisotopic (exact) mass is 264 g/mol. The van der Waals surface area contributed by atoms with Crippen LogP contribution in [0.3, 0.4) is 0 Å². The maximum absolute atomic E-state index is 11.3. The SMILES string of the molecule is COC(=O)c1ccc(N2CCC(C)CC2CN)nn1. The quantitative estimate of drug-likeness (QED) is 0.814. The molecule has 1 aromatic heterocycles. The fourth-order valence-electron chi connectivity index (χ4n) is 2.47. The summed E-state index contributed by atoms with van der Waals surface area (Å²) in [4.78, 5) is 13.5. The second-order valence-corrected chi connectivity index (χ2v) is 4.98. The van der Waals surface area contributed by atoms with E-state index in [1.54, 1.807) is 12.1 Å². The minimum Gasteiger partial charge on any atom is -0.464 e. The molecule has 6 heteroatoms. The van der Waals surface area contributed by atoms with E-state index in [4.69, 9.17) is 5.73 Å². The first-order chi connectivity index (χ1) is 9.15. The molecule has 0 spiro atoms. The van der Waals surface area contributed by atoms with Crippen molar-refractivity contribution < 1.29 is 9.53 Å². The molecule has 2 rings (SSSR count). The Kier molecular flexibility index (Phi) is 4.31. The van der Waals surface area contributed by atoms with Crippen molar-refractivity contribution >= 4 is 11.8 Å². The molecule has 6 nitrogen and oxygen atoms in total. The van der Waals surface area contributed by atoms with Gasteiger partial charge >= 0.3 is 5.97 Å². The third kappa shape index (κ3) is 3.01. The number of rotatable bonds is 3. The summed E-state index contributed by atoms with van der Waals surface area (Å²) in [6, 6.07) is 3.74. The van der Waals surface area contributed by atoms with Crippen LogP contribution in [0.25, 0.3) is 0 Å². The van der Waals surface area contributed by atoms with Crippen LogP contribution < -0.4 is 10.6 Å². The second kappa shape index (κ2) is 5.97. The van der Waals surface area contributed by atoms with Gasteiger partial charge in [-0.3, -0.25) is 0 Å². The van der Waals surface area contributed by atoms with Gasteiger partial charge < -0.3 is 15.4 Å². The Labute approximate surface area is 112 Å². The van der Waals surface area contributed by atoms with E-state index in [1.165, 1.54) is 7.11 Å². The molecule has 1 aliphatic rings. The summed E-state index contributed by atoms with van der Waals surface area (Å²) in [6.45, 7) is 3.77. The zero-order chi connectivity index (χ0) is 13.8. The number of ether oxygens (including phenoxy) is 1. The van der Waals surface area contributed by atoms with Crippen molar-refractivity contribution in [3.8, 4) is 0 Å². The van der Waals surface area contributed by atoms with Crippen molar-refractivity contribution in [1.29, 1.82) is 0 Å². The van der Waals surface area contributed by atoms with Gasteiger partial charge in [0.25, 0.3) is 0 Å². The highest BCUT2D eigenvalue weighted by Crippen LogP contribution is 2.25. The largest absolute Gasteiger partial charge is 0.464 e. The molecule has 2 heterocycles. The molecular weight excluding hydrogens is 244 g/mol. The lowest BCUT2D eigenvalue weighted by Crippen LogP contribution is -2.46. The second-order valence-electron chi connectivity index (χ2n) is 4.98. The van der Waals surface area contributed by atoms with Crippen molar-refractivity contribution in [3.05, 3.63) is 17.8 Å². The van der Waals surface area contributed by atoms with Crippen LogP contribution in [0.2, 0.25) is 0 Å². The van der Waals surface area contributed by atoms with Crippen LogP contribution in [0.15, 0.2) is 12.1 Å². The van der Waals surface area contributed by atoms with Crippen molar-refractivity contribution in [2.45, 2.75) is 25.8 Å². The number of methoxy groups -OCH3 is 1. The third-order valence-corrected chi connectivity index (χ3v) is 3.59. The standard InChI is InChI=1S/C13H20N4O2/c1-9-5-6-17(10(7-9)8-14)12-4-3-11(15-16-12)13(18)19-2/h3-4,9-10H,5-8,14H2,1-2H3. The lowest BCUT2D eigenvalue weighted by Gasteiger charge is -2.38. The lowest BCUT2D eigenvalue weighted by molar-refractivity contribution is 0.0592. The van der Waals surface area contributed by atoms with Gasteiger partial charge in [0.2, 0.25) is 0 Å². The number of nitrogens with zero attached hydrogens (tertiary/aromatic N) is 3. The highest BCUT2D eigenvalue weighted by atomic mass is 16.5. The number of carbonyl (C=O) groups is 1. The maximum atomic E-state index is 11.3. The molecule has 104 valence electrons. The lowest BCUT2D eigenvalue weighted by atomic mass is 9.92. The minimum atomic E-state index is -0.471. The summed E-state index contributed by atoms with van der Waals surface area (Å²) in [7, 11) is 1.33. The zero-order valence-electron chi connectivity index (χ0n) is 11.4. The first kappa shape index (κ1) is 13.7. The summed E-state index contributed by atoms with van der Waals surface area (Å²) in [5.74, 6) is 0.990. The number of nitrogens with two attached hydrogens (primary N) is 1. The van der Waals surface area contributed by atoms with E-state index in [0.29, 0.717) is 18.5 Å². The molecule has 19 heavy (non-hydrogen) atoms. The van der Waals surface area contributed by atoms with Crippen LogP contribution in [-0.4, -0.2) is 42.4 Å². The molecule has 2 N–H and O–H groups in total. The van der Waals surface area contributed by atoms with Gasteiger partial charge in [-0.1, -0.05) is 6.92 Å². The molecule has 2 unspecified atom stereocenters. The molecule has 0 amide bonds. The van der Waals surface area contributed by atoms with E-state index >= 15 is 0 Å². The van der Waals surface area contributed by atoms with E-state index in [1.807, 2.05) is 0 Å². The predicted molar refractivity (Wildman–Crippen MR) is 72.0 cm³/mol. The average Bonchev–Trinajstić information content (AvgIpc) is 2.46. The van der Waals surface area contributed by atoms with Gasteiger partial charge in [-0.05, 0) is 30.9 Å². The highest BCUT2D eigenvalue weighted by Gasteiger charge is 2.26. The normalized spacial score (nSPS) is 23.2. The number of anilines is 1. The Morgan fingerprint density at radius 2 is 2.32 bits per heavy atom. The molecule has 0 aliphatic carbocycles. The average molecular weight is 264 g/mol. The first-order valence-electron chi connectivity index (χ1n) is 6.54. The molecule has 1 saturated heterocycles. The molecule has 0 aromatic carbocycles. The van der Waals surface area contributed by atoms with E-state index < -0.39 is 5.97 Å². The molecule has 0 radical (unpaired) electrons. The highest BCUT2D eigenvalue weighted by molar-refractivity contribution is 5.86. The van der Waals surface area contributed by atoms with Gasteiger partial charge in [0.05, 0.1) is 7.11 Å². The van der Waals surface area contributed by atoms with Crippen LogP contribution in [0, 0.1) is 5.92 Å². The Morgan fingerprint density at radius 3 is 2.89 bits per heavy atom. The van der Waals surface area contributed by atoms with Crippen molar-refractivity contribution in [2.75, 3.05) is 25.1 Å². The summed E-state index contributed by atoms with van der Waals surface area (Å²) in [5.41, 5.74) is 6.05. The third-order valence-electron chi connectivity index (χ3n) is 3.59. The van der Waals surface area contributed by atoms with Gasteiger partial charge in [-0.25, -0.2) is 4.79 Å². The van der Waals surface area contributed by atoms with Gasteiger partial charge in [0.15, 0.2) is 11.5 Å². The Balaban J connectivity index is 2.14. The van der Waals surface area contributed by atoms with Crippen molar-refractivity contribution in [1.82, 2.24) is 10.2 Å². The topological polar surface area (TPSA) is 81.3 Å². The Bertz CT molecular complexity index is 435. The molecule has 0 saturated carbocycles. The number of esters is 1. The molecule has 1 aromatic rings. The van der Waals surface area contributed by atoms with Crippen LogP contribution in [0.1, 0.15) is 30.3 Å².